The molecule has 0 spiro atoms. The van der Waals surface area contributed by atoms with Gasteiger partial charge in [0.15, 0.2) is 5.65 Å². The lowest BCUT2D eigenvalue weighted by molar-refractivity contribution is -0.384. The van der Waals surface area contributed by atoms with E-state index in [2.05, 4.69) is 15.4 Å². The van der Waals surface area contributed by atoms with E-state index in [9.17, 15) is 14.9 Å². The van der Waals surface area contributed by atoms with Gasteiger partial charge in [0, 0.05) is 23.9 Å². The third-order valence-corrected chi connectivity index (χ3v) is 4.60. The average molecular weight is 403 g/mol. The third-order valence-electron chi connectivity index (χ3n) is 4.60. The predicted octanol–water partition coefficient (Wildman–Crippen LogP) is 3.87. The van der Waals surface area contributed by atoms with E-state index in [-0.39, 0.29) is 11.3 Å². The van der Waals surface area contributed by atoms with Crippen LogP contribution in [-0.2, 0) is 0 Å². The highest BCUT2D eigenvalue weighted by Gasteiger charge is 2.18. The number of nitrogens with zero attached hydrogens (tertiary/aromatic N) is 4. The first-order valence-corrected chi connectivity index (χ1v) is 9.01. The van der Waals surface area contributed by atoms with Crippen LogP contribution in [-0.4, -0.2) is 32.5 Å². The number of ether oxygens (including phenoxy) is 1. The number of nitro benzene ring substituents is 1. The van der Waals surface area contributed by atoms with Crippen molar-refractivity contribution >= 4 is 22.9 Å². The molecule has 9 heteroatoms. The molecule has 0 bridgehead atoms. The Balaban J connectivity index is 1.74. The van der Waals surface area contributed by atoms with Crippen LogP contribution >= 0.6 is 0 Å². The van der Waals surface area contributed by atoms with E-state index in [4.69, 9.17) is 4.74 Å². The Labute approximate surface area is 171 Å². The lowest BCUT2D eigenvalue weighted by atomic mass is 10.1. The number of aromatic nitrogens is 3. The molecule has 150 valence electrons. The number of nitro groups is 1. The first kappa shape index (κ1) is 19.1. The van der Waals surface area contributed by atoms with Crippen LogP contribution < -0.4 is 10.1 Å². The Hall–Kier alpha value is -4.27. The van der Waals surface area contributed by atoms with Crippen LogP contribution in [0.5, 0.6) is 5.75 Å². The van der Waals surface area contributed by atoms with Gasteiger partial charge in [-0.15, -0.1) is 0 Å². The molecule has 0 aliphatic rings. The number of fused-ring (bicyclic) bond motifs is 1. The zero-order valence-electron chi connectivity index (χ0n) is 16.2. The second-order valence-corrected chi connectivity index (χ2v) is 6.59. The number of benzene rings is 2. The highest BCUT2D eigenvalue weighted by atomic mass is 16.6. The van der Waals surface area contributed by atoms with Crippen molar-refractivity contribution in [2.24, 2.45) is 0 Å². The van der Waals surface area contributed by atoms with Gasteiger partial charge in [-0.3, -0.25) is 14.9 Å². The molecule has 0 radical (unpaired) electrons. The number of amides is 1. The average Bonchev–Trinajstić information content (AvgIpc) is 3.18. The van der Waals surface area contributed by atoms with E-state index >= 15 is 0 Å². The summed E-state index contributed by atoms with van der Waals surface area (Å²) in [6.07, 6.45) is 2.95. The molecule has 0 aliphatic carbocycles. The van der Waals surface area contributed by atoms with Crippen molar-refractivity contribution in [1.82, 2.24) is 14.6 Å². The van der Waals surface area contributed by atoms with Crippen molar-refractivity contribution in [2.45, 2.75) is 6.92 Å². The molecule has 0 atom stereocenters. The lowest BCUT2D eigenvalue weighted by Gasteiger charge is -2.10. The van der Waals surface area contributed by atoms with Gasteiger partial charge in [-0.1, -0.05) is 18.2 Å². The standard InChI is InChI=1S/C21H17N5O4/c1-13-6-7-19(30-2)17(10-13)24-21(27)16-12-23-25-18(8-9-22-20(16)25)14-4-3-5-15(11-14)26(28)29/h3-12H,1-2H3,(H,24,27). The van der Waals surface area contributed by atoms with Crippen LogP contribution in [0.1, 0.15) is 15.9 Å². The van der Waals surface area contributed by atoms with Crippen molar-refractivity contribution in [3.8, 4) is 17.0 Å². The predicted molar refractivity (Wildman–Crippen MR) is 111 cm³/mol. The maximum absolute atomic E-state index is 12.9. The van der Waals surface area contributed by atoms with E-state index in [1.54, 1.807) is 24.3 Å². The summed E-state index contributed by atoms with van der Waals surface area (Å²) in [6, 6.07) is 13.4. The van der Waals surface area contributed by atoms with E-state index in [1.165, 1.54) is 36.2 Å². The first-order valence-electron chi connectivity index (χ1n) is 9.01. The van der Waals surface area contributed by atoms with Crippen LogP contribution in [0.25, 0.3) is 16.9 Å². The van der Waals surface area contributed by atoms with Gasteiger partial charge in [-0.25, -0.2) is 9.50 Å². The van der Waals surface area contributed by atoms with Crippen LogP contribution in [0.4, 0.5) is 11.4 Å². The summed E-state index contributed by atoms with van der Waals surface area (Å²) in [5.41, 5.74) is 3.25. The molecule has 4 rings (SSSR count). The minimum Gasteiger partial charge on any atom is -0.495 e. The maximum Gasteiger partial charge on any atom is 0.270 e. The summed E-state index contributed by atoms with van der Waals surface area (Å²) in [7, 11) is 1.53. The number of rotatable bonds is 5. The smallest absolute Gasteiger partial charge is 0.270 e. The SMILES string of the molecule is COc1ccc(C)cc1NC(=O)c1cnn2c(-c3cccc([N+](=O)[O-])c3)ccnc12. The molecule has 2 aromatic carbocycles. The fourth-order valence-corrected chi connectivity index (χ4v) is 3.16. The molecule has 0 aliphatic heterocycles. The number of hydrogen-bond acceptors (Lipinski definition) is 6. The molecule has 4 aromatic rings. The molecule has 1 amide bonds. The molecule has 30 heavy (non-hydrogen) atoms. The van der Waals surface area contributed by atoms with Gasteiger partial charge in [0.25, 0.3) is 11.6 Å². The fourth-order valence-electron chi connectivity index (χ4n) is 3.16. The number of hydrogen-bond donors (Lipinski definition) is 1. The largest absolute Gasteiger partial charge is 0.495 e. The van der Waals surface area contributed by atoms with Crippen molar-refractivity contribution in [3.63, 3.8) is 0 Å². The van der Waals surface area contributed by atoms with Gasteiger partial charge in [0.1, 0.15) is 11.3 Å². The summed E-state index contributed by atoms with van der Waals surface area (Å²) in [6.45, 7) is 1.91. The number of non-ortho nitro benzene ring substituents is 1. The molecule has 2 heterocycles. The van der Waals surface area contributed by atoms with Crippen LogP contribution in [0.15, 0.2) is 60.9 Å². The van der Waals surface area contributed by atoms with Gasteiger partial charge < -0.3 is 10.1 Å². The van der Waals surface area contributed by atoms with E-state index in [0.717, 1.165) is 5.56 Å². The number of carbonyl (C=O) groups excluding carboxylic acids is 1. The van der Waals surface area contributed by atoms with Gasteiger partial charge in [-0.05, 0) is 30.7 Å². The molecular formula is C21H17N5O4. The van der Waals surface area contributed by atoms with Crippen LogP contribution in [0.3, 0.4) is 0 Å². The van der Waals surface area contributed by atoms with E-state index in [0.29, 0.717) is 28.3 Å². The van der Waals surface area contributed by atoms with Crippen molar-refractivity contribution < 1.29 is 14.5 Å². The minimum absolute atomic E-state index is 0.0332. The van der Waals surface area contributed by atoms with Crippen LogP contribution in [0, 0.1) is 17.0 Å². The molecule has 0 saturated carbocycles. The third kappa shape index (κ3) is 3.44. The highest BCUT2D eigenvalue weighted by Crippen LogP contribution is 2.27. The van der Waals surface area contributed by atoms with Crippen molar-refractivity contribution in [2.75, 3.05) is 12.4 Å². The maximum atomic E-state index is 12.9. The van der Waals surface area contributed by atoms with Crippen LogP contribution in [0.2, 0.25) is 0 Å². The second-order valence-electron chi connectivity index (χ2n) is 6.59. The first-order chi connectivity index (χ1) is 14.5. The minimum atomic E-state index is -0.459. The summed E-state index contributed by atoms with van der Waals surface area (Å²) < 4.78 is 6.79. The Bertz CT molecular complexity index is 1280. The topological polar surface area (TPSA) is 112 Å². The summed E-state index contributed by atoms with van der Waals surface area (Å²) >= 11 is 0. The monoisotopic (exact) mass is 403 g/mol. The number of carbonyl (C=O) groups is 1. The lowest BCUT2D eigenvalue weighted by Crippen LogP contribution is -2.13. The van der Waals surface area contributed by atoms with E-state index < -0.39 is 10.8 Å². The number of methoxy groups -OCH3 is 1. The normalized spacial score (nSPS) is 10.7. The van der Waals surface area contributed by atoms with Gasteiger partial charge in [0.2, 0.25) is 0 Å². The highest BCUT2D eigenvalue weighted by molar-refractivity contribution is 6.08. The fraction of sp³-hybridized carbons (Fsp3) is 0.0952. The van der Waals surface area contributed by atoms with Gasteiger partial charge in [-0.2, -0.15) is 5.10 Å². The number of anilines is 1. The van der Waals surface area contributed by atoms with Gasteiger partial charge >= 0.3 is 0 Å². The zero-order valence-corrected chi connectivity index (χ0v) is 16.2. The Kier molecular flexibility index (Phi) is 4.85. The molecule has 9 nitrogen and oxygen atoms in total. The Morgan fingerprint density at radius 2 is 2.03 bits per heavy atom. The Morgan fingerprint density at radius 1 is 1.20 bits per heavy atom. The summed E-state index contributed by atoms with van der Waals surface area (Å²) in [4.78, 5) is 27.8. The second kappa shape index (κ2) is 7.63. The van der Waals surface area contributed by atoms with Gasteiger partial charge in [0.05, 0.1) is 29.6 Å². The molecule has 2 aromatic heterocycles. The zero-order chi connectivity index (χ0) is 21.3. The summed E-state index contributed by atoms with van der Waals surface area (Å²) in [5, 5.41) is 18.2. The van der Waals surface area contributed by atoms with Crippen molar-refractivity contribution in [1.29, 1.82) is 0 Å². The number of aryl methyl sites for hydroxylation is 1. The number of nitrogens with one attached hydrogen (secondary N) is 1. The molecule has 0 unspecified atom stereocenters. The van der Waals surface area contributed by atoms with E-state index in [1.807, 2.05) is 19.1 Å². The molecule has 0 fully saturated rings. The summed E-state index contributed by atoms with van der Waals surface area (Å²) in [5.74, 6) is 0.147. The Morgan fingerprint density at radius 3 is 2.80 bits per heavy atom. The van der Waals surface area contributed by atoms with Crippen molar-refractivity contribution in [3.05, 3.63) is 82.2 Å². The molecule has 1 N–H and O–H groups in total. The molecular weight excluding hydrogens is 386 g/mol. The molecule has 0 saturated heterocycles. The quantitative estimate of drug-likeness (QED) is 0.400.